The number of nitrogens with one attached hydrogen (secondary N) is 1. The maximum Gasteiger partial charge on any atom is 0.131 e. The van der Waals surface area contributed by atoms with E-state index < -0.39 is 0 Å². The Balaban J connectivity index is 2.50. The minimum atomic E-state index is -0.285. The Morgan fingerprint density at radius 1 is 1.44 bits per heavy atom. The van der Waals surface area contributed by atoms with Crippen molar-refractivity contribution in [3.05, 3.63) is 40.7 Å². The maximum absolute atomic E-state index is 13.3. The van der Waals surface area contributed by atoms with Gasteiger partial charge >= 0.3 is 0 Å². The Kier molecular flexibility index (Phi) is 5.50. The highest BCUT2D eigenvalue weighted by molar-refractivity contribution is 6.32. The van der Waals surface area contributed by atoms with Crippen LogP contribution < -0.4 is 5.32 Å². The van der Waals surface area contributed by atoms with E-state index in [1.165, 1.54) is 6.07 Å². The van der Waals surface area contributed by atoms with Gasteiger partial charge in [-0.1, -0.05) is 43.7 Å². The third kappa shape index (κ3) is 4.33. The Hall–Kier alpha value is -0.860. The van der Waals surface area contributed by atoms with Gasteiger partial charge in [0.25, 0.3) is 0 Å². The van der Waals surface area contributed by atoms with Crippen LogP contribution in [-0.2, 0) is 0 Å². The highest BCUT2D eigenvalue weighted by Gasteiger charge is 2.01. The van der Waals surface area contributed by atoms with Crippen LogP contribution in [0.3, 0.4) is 0 Å². The number of benzene rings is 1. The maximum atomic E-state index is 13.3. The lowest BCUT2D eigenvalue weighted by Gasteiger charge is -2.04. The van der Waals surface area contributed by atoms with Gasteiger partial charge in [-0.25, -0.2) is 4.39 Å². The van der Waals surface area contributed by atoms with Crippen LogP contribution in [0.25, 0.3) is 6.08 Å². The first-order valence-electron chi connectivity index (χ1n) is 5.42. The largest absolute Gasteiger partial charge is 0.313 e. The van der Waals surface area contributed by atoms with E-state index in [0.29, 0.717) is 16.5 Å². The van der Waals surface area contributed by atoms with Crippen LogP contribution in [0.2, 0.25) is 5.02 Å². The SMILES string of the molecule is CC(C)CNCC=Cc1c(F)cccc1Cl. The van der Waals surface area contributed by atoms with Crippen LogP contribution in [0, 0.1) is 11.7 Å². The highest BCUT2D eigenvalue weighted by atomic mass is 35.5. The molecule has 0 heterocycles. The number of rotatable bonds is 5. The minimum Gasteiger partial charge on any atom is -0.313 e. The normalized spacial score (nSPS) is 11.6. The van der Waals surface area contributed by atoms with Gasteiger partial charge in [0, 0.05) is 12.1 Å². The second kappa shape index (κ2) is 6.66. The van der Waals surface area contributed by atoms with Gasteiger partial charge in [-0.15, -0.1) is 0 Å². The van der Waals surface area contributed by atoms with E-state index >= 15 is 0 Å². The van der Waals surface area contributed by atoms with Crippen LogP contribution in [0.15, 0.2) is 24.3 Å². The molecule has 0 saturated heterocycles. The molecule has 0 saturated carbocycles. The molecule has 88 valence electrons. The zero-order valence-corrected chi connectivity index (χ0v) is 10.4. The molecule has 1 aromatic carbocycles. The van der Waals surface area contributed by atoms with Gasteiger partial charge in [-0.05, 0) is 24.6 Å². The third-order valence-electron chi connectivity index (χ3n) is 2.10. The zero-order chi connectivity index (χ0) is 12.0. The Labute approximate surface area is 101 Å². The molecule has 0 amide bonds. The molecule has 0 atom stereocenters. The summed E-state index contributed by atoms with van der Waals surface area (Å²) >= 11 is 5.88. The van der Waals surface area contributed by atoms with Crippen LogP contribution in [0.1, 0.15) is 19.4 Å². The third-order valence-corrected chi connectivity index (χ3v) is 2.43. The number of halogens is 2. The summed E-state index contributed by atoms with van der Waals surface area (Å²) in [5.41, 5.74) is 0.454. The second-order valence-electron chi connectivity index (χ2n) is 4.09. The lowest BCUT2D eigenvalue weighted by molar-refractivity contribution is 0.577. The van der Waals surface area contributed by atoms with Crippen molar-refractivity contribution < 1.29 is 4.39 Å². The summed E-state index contributed by atoms with van der Waals surface area (Å²) in [5.74, 6) is 0.332. The van der Waals surface area contributed by atoms with Crippen molar-refractivity contribution in [3.63, 3.8) is 0 Å². The first-order valence-corrected chi connectivity index (χ1v) is 5.80. The van der Waals surface area contributed by atoms with Crippen molar-refractivity contribution in [3.8, 4) is 0 Å². The quantitative estimate of drug-likeness (QED) is 0.775. The summed E-state index contributed by atoms with van der Waals surface area (Å²) in [6.45, 7) is 5.97. The molecule has 0 spiro atoms. The predicted octanol–water partition coefficient (Wildman–Crippen LogP) is 3.74. The molecule has 0 bridgehead atoms. The lowest BCUT2D eigenvalue weighted by atomic mass is 10.2. The Morgan fingerprint density at radius 3 is 2.81 bits per heavy atom. The molecule has 1 nitrogen and oxygen atoms in total. The van der Waals surface area contributed by atoms with Crippen molar-refractivity contribution in [1.29, 1.82) is 0 Å². The zero-order valence-electron chi connectivity index (χ0n) is 9.63. The molecule has 3 heteroatoms. The highest BCUT2D eigenvalue weighted by Crippen LogP contribution is 2.19. The first kappa shape index (κ1) is 13.2. The van der Waals surface area contributed by atoms with Crippen LogP contribution in [-0.4, -0.2) is 13.1 Å². The molecule has 16 heavy (non-hydrogen) atoms. The van der Waals surface area contributed by atoms with Crippen LogP contribution >= 0.6 is 11.6 Å². The standard InChI is InChI=1S/C13H17ClFN/c1-10(2)9-16-8-4-5-11-12(14)6-3-7-13(11)15/h3-7,10,16H,8-9H2,1-2H3. The summed E-state index contributed by atoms with van der Waals surface area (Å²) in [6.07, 6.45) is 3.59. The van der Waals surface area contributed by atoms with Crippen molar-refractivity contribution in [2.75, 3.05) is 13.1 Å². The van der Waals surface area contributed by atoms with Gasteiger partial charge in [-0.2, -0.15) is 0 Å². The molecule has 1 rings (SSSR count). The second-order valence-corrected chi connectivity index (χ2v) is 4.50. The van der Waals surface area contributed by atoms with Gasteiger partial charge in [0.05, 0.1) is 5.02 Å². The average Bonchev–Trinajstić information content (AvgIpc) is 2.21. The van der Waals surface area contributed by atoms with Crippen molar-refractivity contribution in [1.82, 2.24) is 5.32 Å². The Bertz CT molecular complexity index is 341. The van der Waals surface area contributed by atoms with E-state index in [2.05, 4.69) is 19.2 Å². The fraction of sp³-hybridized carbons (Fsp3) is 0.385. The van der Waals surface area contributed by atoms with E-state index in [1.54, 1.807) is 18.2 Å². The molecule has 1 N–H and O–H groups in total. The van der Waals surface area contributed by atoms with Gasteiger partial charge < -0.3 is 5.32 Å². The summed E-state index contributed by atoms with van der Waals surface area (Å²) in [5, 5.41) is 3.69. The smallest absolute Gasteiger partial charge is 0.131 e. The van der Waals surface area contributed by atoms with Gasteiger partial charge in [0.15, 0.2) is 0 Å². The van der Waals surface area contributed by atoms with Crippen molar-refractivity contribution in [2.24, 2.45) is 5.92 Å². The summed E-state index contributed by atoms with van der Waals surface area (Å²) in [6, 6.07) is 4.70. The molecule has 0 unspecified atom stereocenters. The van der Waals surface area contributed by atoms with E-state index in [1.807, 2.05) is 6.08 Å². The van der Waals surface area contributed by atoms with Crippen molar-refractivity contribution in [2.45, 2.75) is 13.8 Å². The van der Waals surface area contributed by atoms with Crippen LogP contribution in [0.5, 0.6) is 0 Å². The van der Waals surface area contributed by atoms with E-state index in [-0.39, 0.29) is 5.82 Å². The topological polar surface area (TPSA) is 12.0 Å². The summed E-state index contributed by atoms with van der Waals surface area (Å²) in [4.78, 5) is 0. The monoisotopic (exact) mass is 241 g/mol. The molecular weight excluding hydrogens is 225 g/mol. The summed E-state index contributed by atoms with van der Waals surface area (Å²) in [7, 11) is 0. The summed E-state index contributed by atoms with van der Waals surface area (Å²) < 4.78 is 13.3. The van der Waals surface area contributed by atoms with Gasteiger partial charge in [0.2, 0.25) is 0 Å². The lowest BCUT2D eigenvalue weighted by Crippen LogP contribution is -2.19. The molecule has 0 aliphatic rings. The van der Waals surface area contributed by atoms with Gasteiger partial charge in [-0.3, -0.25) is 0 Å². The van der Waals surface area contributed by atoms with Gasteiger partial charge in [0.1, 0.15) is 5.82 Å². The minimum absolute atomic E-state index is 0.285. The Morgan fingerprint density at radius 2 is 2.19 bits per heavy atom. The molecule has 0 aliphatic heterocycles. The van der Waals surface area contributed by atoms with Crippen molar-refractivity contribution >= 4 is 17.7 Å². The van der Waals surface area contributed by atoms with Crippen LogP contribution in [0.4, 0.5) is 4.39 Å². The number of hydrogen-bond donors (Lipinski definition) is 1. The van der Waals surface area contributed by atoms with E-state index in [0.717, 1.165) is 13.1 Å². The predicted molar refractivity (Wildman–Crippen MR) is 68.2 cm³/mol. The molecule has 0 fully saturated rings. The fourth-order valence-electron chi connectivity index (χ4n) is 1.30. The number of hydrogen-bond acceptors (Lipinski definition) is 1. The molecular formula is C13H17ClFN. The molecule has 0 aliphatic carbocycles. The fourth-order valence-corrected chi connectivity index (χ4v) is 1.53. The molecule has 0 aromatic heterocycles. The molecule has 1 aromatic rings. The first-order chi connectivity index (χ1) is 7.61. The molecule has 0 radical (unpaired) electrons. The van der Waals surface area contributed by atoms with E-state index in [9.17, 15) is 4.39 Å². The average molecular weight is 242 g/mol. The van der Waals surface area contributed by atoms with E-state index in [4.69, 9.17) is 11.6 Å².